The lowest BCUT2D eigenvalue weighted by molar-refractivity contribution is -0.134. The fourth-order valence-electron chi connectivity index (χ4n) is 3.80. The van der Waals surface area contributed by atoms with Gasteiger partial charge in [0.25, 0.3) is 0 Å². The Kier molecular flexibility index (Phi) is 5.53. The highest BCUT2D eigenvalue weighted by atomic mass is 32.2. The fraction of sp³-hybridized carbons (Fsp3) is 0.571. The Bertz CT molecular complexity index is 823. The Morgan fingerprint density at radius 3 is 2.85 bits per heavy atom. The van der Waals surface area contributed by atoms with Crippen LogP contribution in [0.5, 0.6) is 0 Å². The Morgan fingerprint density at radius 1 is 1.26 bits per heavy atom. The summed E-state index contributed by atoms with van der Waals surface area (Å²) in [7, 11) is 0. The molecule has 1 aliphatic heterocycles. The highest BCUT2D eigenvalue weighted by Gasteiger charge is 2.30. The zero-order chi connectivity index (χ0) is 18.8. The molecule has 1 saturated carbocycles. The van der Waals surface area contributed by atoms with Gasteiger partial charge in [0.05, 0.1) is 10.8 Å². The van der Waals surface area contributed by atoms with E-state index in [-0.39, 0.29) is 11.2 Å². The summed E-state index contributed by atoms with van der Waals surface area (Å²) in [5, 5.41) is 5.08. The van der Waals surface area contributed by atoms with Crippen LogP contribution in [0.3, 0.4) is 0 Å². The third-order valence-electron chi connectivity index (χ3n) is 5.51. The van der Waals surface area contributed by atoms with E-state index in [0.29, 0.717) is 17.2 Å². The largest absolute Gasteiger partial charge is 0.367 e. The van der Waals surface area contributed by atoms with Gasteiger partial charge in [-0.25, -0.2) is 9.97 Å². The van der Waals surface area contributed by atoms with Crippen molar-refractivity contribution >= 4 is 34.4 Å². The molecule has 27 heavy (non-hydrogen) atoms. The van der Waals surface area contributed by atoms with Gasteiger partial charge in [-0.2, -0.15) is 0 Å². The topological polar surface area (TPSA) is 58.1 Å². The standard InChI is InChI=1S/C21H28N4OS/c1-3-16-8-6-7-13-25(16)20(26)14(2)27-21-23-18-10-5-4-9-17(18)19(24-21)22-15-11-12-15/h4-5,9-10,14-16H,3,6-8,11-13H2,1-2H3,(H,22,23,24)/t14-,16-/m1/s1. The number of fused-ring (bicyclic) bond motifs is 1. The minimum absolute atomic E-state index is 0.174. The summed E-state index contributed by atoms with van der Waals surface area (Å²) in [5.74, 6) is 1.12. The molecule has 2 fully saturated rings. The van der Waals surface area contributed by atoms with Crippen LogP contribution in [0.4, 0.5) is 5.82 Å². The number of thioether (sulfide) groups is 1. The molecule has 1 saturated heterocycles. The second-order valence-corrected chi connectivity index (χ2v) is 8.95. The summed E-state index contributed by atoms with van der Waals surface area (Å²) in [5.41, 5.74) is 0.933. The number of aromatic nitrogens is 2. The molecule has 1 aliphatic carbocycles. The van der Waals surface area contributed by atoms with E-state index in [1.807, 2.05) is 25.1 Å². The number of nitrogens with zero attached hydrogens (tertiary/aromatic N) is 3. The van der Waals surface area contributed by atoms with Crippen molar-refractivity contribution in [1.29, 1.82) is 0 Å². The number of para-hydroxylation sites is 1. The van der Waals surface area contributed by atoms with Crippen LogP contribution in [0.15, 0.2) is 29.4 Å². The molecule has 2 aliphatic rings. The summed E-state index contributed by atoms with van der Waals surface area (Å²) >= 11 is 1.48. The highest BCUT2D eigenvalue weighted by Crippen LogP contribution is 2.32. The number of rotatable bonds is 6. The van der Waals surface area contributed by atoms with E-state index in [1.54, 1.807) is 0 Å². The molecule has 4 rings (SSSR count). The first kappa shape index (κ1) is 18.5. The number of benzene rings is 1. The van der Waals surface area contributed by atoms with E-state index in [0.717, 1.165) is 42.5 Å². The molecule has 5 nitrogen and oxygen atoms in total. The number of hydrogen-bond donors (Lipinski definition) is 1. The van der Waals surface area contributed by atoms with Gasteiger partial charge in [-0.15, -0.1) is 0 Å². The molecule has 2 aromatic rings. The number of nitrogens with one attached hydrogen (secondary N) is 1. The predicted molar refractivity (Wildman–Crippen MR) is 111 cm³/mol. The van der Waals surface area contributed by atoms with E-state index in [9.17, 15) is 4.79 Å². The van der Waals surface area contributed by atoms with E-state index >= 15 is 0 Å². The normalized spacial score (nSPS) is 21.3. The number of carbonyl (C=O) groups excluding carboxylic acids is 1. The first-order valence-corrected chi connectivity index (χ1v) is 11.0. The first-order valence-electron chi connectivity index (χ1n) is 10.2. The summed E-state index contributed by atoms with van der Waals surface area (Å²) in [4.78, 5) is 24.6. The SMILES string of the molecule is CC[C@@H]1CCCCN1C(=O)[C@@H](C)Sc1nc(NC2CC2)c2ccccc2n1. The maximum Gasteiger partial charge on any atom is 0.236 e. The van der Waals surface area contributed by atoms with Gasteiger partial charge in [0, 0.05) is 24.0 Å². The van der Waals surface area contributed by atoms with Gasteiger partial charge < -0.3 is 10.2 Å². The third kappa shape index (κ3) is 4.21. The van der Waals surface area contributed by atoms with Gasteiger partial charge in [0.1, 0.15) is 5.82 Å². The lowest BCUT2D eigenvalue weighted by Gasteiger charge is -2.36. The van der Waals surface area contributed by atoms with Crippen LogP contribution in [-0.2, 0) is 4.79 Å². The van der Waals surface area contributed by atoms with Crippen LogP contribution < -0.4 is 5.32 Å². The van der Waals surface area contributed by atoms with E-state index < -0.39 is 0 Å². The summed E-state index contributed by atoms with van der Waals surface area (Å²) in [6.45, 7) is 5.05. The molecule has 0 radical (unpaired) electrons. The van der Waals surface area contributed by atoms with Crippen molar-refractivity contribution in [3.05, 3.63) is 24.3 Å². The van der Waals surface area contributed by atoms with Gasteiger partial charge in [0.15, 0.2) is 5.16 Å². The number of piperidine rings is 1. The minimum atomic E-state index is -0.174. The van der Waals surface area contributed by atoms with Crippen molar-refractivity contribution in [3.8, 4) is 0 Å². The molecular weight excluding hydrogens is 356 g/mol. The number of anilines is 1. The Morgan fingerprint density at radius 2 is 2.07 bits per heavy atom. The molecule has 1 amide bonds. The maximum atomic E-state index is 13.0. The molecule has 1 aromatic carbocycles. The molecular formula is C21H28N4OS. The van der Waals surface area contributed by atoms with Crippen molar-refractivity contribution in [2.24, 2.45) is 0 Å². The monoisotopic (exact) mass is 384 g/mol. The molecule has 2 atom stereocenters. The molecule has 144 valence electrons. The van der Waals surface area contributed by atoms with Gasteiger partial charge in [0.2, 0.25) is 5.91 Å². The summed E-state index contributed by atoms with van der Waals surface area (Å²) in [6.07, 6.45) is 6.90. The van der Waals surface area contributed by atoms with Crippen molar-refractivity contribution in [2.75, 3.05) is 11.9 Å². The van der Waals surface area contributed by atoms with Gasteiger partial charge in [-0.05, 0) is 57.6 Å². The number of carbonyl (C=O) groups is 1. The fourth-order valence-corrected chi connectivity index (χ4v) is 4.64. The number of amides is 1. The summed E-state index contributed by atoms with van der Waals surface area (Å²) < 4.78 is 0. The highest BCUT2D eigenvalue weighted by molar-refractivity contribution is 8.00. The van der Waals surface area contributed by atoms with Crippen LogP contribution >= 0.6 is 11.8 Å². The van der Waals surface area contributed by atoms with Crippen molar-refractivity contribution in [3.63, 3.8) is 0 Å². The van der Waals surface area contributed by atoms with Crippen LogP contribution in [0, 0.1) is 0 Å². The Hall–Kier alpha value is -1.82. The number of likely N-dealkylation sites (tertiary alicyclic amines) is 1. The smallest absolute Gasteiger partial charge is 0.236 e. The molecule has 1 N–H and O–H groups in total. The zero-order valence-corrected chi connectivity index (χ0v) is 17.0. The first-order chi connectivity index (χ1) is 13.2. The van der Waals surface area contributed by atoms with E-state index in [1.165, 1.54) is 31.0 Å². The maximum absolute atomic E-state index is 13.0. The lowest BCUT2D eigenvalue weighted by Crippen LogP contribution is -2.46. The average Bonchev–Trinajstić information content (AvgIpc) is 3.51. The van der Waals surface area contributed by atoms with Crippen molar-refractivity contribution in [2.45, 2.75) is 74.9 Å². The third-order valence-corrected chi connectivity index (χ3v) is 6.46. The number of hydrogen-bond acceptors (Lipinski definition) is 5. The van der Waals surface area contributed by atoms with Crippen LogP contribution in [-0.4, -0.2) is 44.7 Å². The van der Waals surface area contributed by atoms with E-state index in [4.69, 9.17) is 9.97 Å². The van der Waals surface area contributed by atoms with Crippen LogP contribution in [0.2, 0.25) is 0 Å². The second kappa shape index (κ2) is 8.05. The van der Waals surface area contributed by atoms with Crippen molar-refractivity contribution < 1.29 is 4.79 Å². The van der Waals surface area contributed by atoms with E-state index in [2.05, 4.69) is 23.2 Å². The Balaban J connectivity index is 1.54. The molecule has 1 aromatic heterocycles. The lowest BCUT2D eigenvalue weighted by atomic mass is 10.00. The molecule has 2 heterocycles. The second-order valence-electron chi connectivity index (χ2n) is 7.64. The quantitative estimate of drug-likeness (QED) is 0.588. The van der Waals surface area contributed by atoms with Gasteiger partial charge >= 0.3 is 0 Å². The average molecular weight is 385 g/mol. The summed E-state index contributed by atoms with van der Waals surface area (Å²) in [6, 6.07) is 9.01. The van der Waals surface area contributed by atoms with Crippen LogP contribution in [0.1, 0.15) is 52.4 Å². The molecule has 0 unspecified atom stereocenters. The molecule has 0 bridgehead atoms. The van der Waals surface area contributed by atoms with Crippen molar-refractivity contribution in [1.82, 2.24) is 14.9 Å². The Labute approximate surface area is 165 Å². The minimum Gasteiger partial charge on any atom is -0.367 e. The molecule has 0 spiro atoms. The van der Waals surface area contributed by atoms with Crippen LogP contribution in [0.25, 0.3) is 10.9 Å². The van der Waals surface area contributed by atoms with Gasteiger partial charge in [-0.3, -0.25) is 4.79 Å². The van der Waals surface area contributed by atoms with Gasteiger partial charge in [-0.1, -0.05) is 30.8 Å². The zero-order valence-electron chi connectivity index (χ0n) is 16.1. The molecule has 6 heteroatoms. The predicted octanol–water partition coefficient (Wildman–Crippen LogP) is 4.48.